The fourth-order valence-corrected chi connectivity index (χ4v) is 2.71. The van der Waals surface area contributed by atoms with Gasteiger partial charge in [-0.1, -0.05) is 28.1 Å². The summed E-state index contributed by atoms with van der Waals surface area (Å²) in [6.45, 7) is 14.9. The van der Waals surface area contributed by atoms with Crippen LogP contribution < -0.4 is 4.74 Å². The second-order valence-corrected chi connectivity index (χ2v) is 6.08. The van der Waals surface area contributed by atoms with Crippen molar-refractivity contribution in [3.63, 3.8) is 0 Å². The molecule has 138 valence electrons. The Morgan fingerprint density at radius 3 is 1.92 bits per heavy atom. The number of carboxylic acids is 2. The zero-order valence-corrected chi connectivity index (χ0v) is 16.1. The molecule has 0 saturated heterocycles. The van der Waals surface area contributed by atoms with Crippen LogP contribution in [0.4, 0.5) is 0 Å². The number of hydrogen-bond donors (Lipinski definition) is 2. The lowest BCUT2D eigenvalue weighted by molar-refractivity contribution is -0.159. The van der Waals surface area contributed by atoms with Crippen molar-refractivity contribution in [3.05, 3.63) is 53.0 Å². The van der Waals surface area contributed by atoms with Gasteiger partial charge in [0.15, 0.2) is 0 Å². The van der Waals surface area contributed by atoms with Crippen LogP contribution in [0.25, 0.3) is 0 Å². The summed E-state index contributed by atoms with van der Waals surface area (Å²) in [5.74, 6) is -2.66. The molecule has 1 rings (SSSR count). The summed E-state index contributed by atoms with van der Waals surface area (Å²) in [5, 5.41) is 14.8. The van der Waals surface area contributed by atoms with E-state index in [2.05, 4.69) is 60.0 Å². The van der Waals surface area contributed by atoms with Gasteiger partial charge in [0.05, 0.1) is 0 Å². The zero-order chi connectivity index (χ0) is 19.4. The van der Waals surface area contributed by atoms with Crippen LogP contribution >= 0.6 is 15.9 Å². The lowest BCUT2D eigenvalue weighted by Gasteiger charge is -2.20. The van der Waals surface area contributed by atoms with Gasteiger partial charge in [-0.3, -0.25) is 4.90 Å². The molecule has 0 aliphatic carbocycles. The molecule has 0 fully saturated rings. The Morgan fingerprint density at radius 1 is 1.12 bits per heavy atom. The number of rotatable bonds is 8. The van der Waals surface area contributed by atoms with Crippen LogP contribution in [0.15, 0.2) is 41.9 Å². The highest BCUT2D eigenvalue weighted by molar-refractivity contribution is 9.10. The van der Waals surface area contributed by atoms with Gasteiger partial charge in [0.25, 0.3) is 0 Å². The Hall–Kier alpha value is -2.12. The fraction of sp³-hybridized carbons (Fsp3) is 0.333. The van der Waals surface area contributed by atoms with E-state index in [1.165, 1.54) is 0 Å². The van der Waals surface area contributed by atoms with Gasteiger partial charge in [0.1, 0.15) is 12.4 Å². The van der Waals surface area contributed by atoms with Crippen molar-refractivity contribution in [2.24, 2.45) is 0 Å². The van der Waals surface area contributed by atoms with Gasteiger partial charge in [-0.2, -0.15) is 0 Å². The maximum Gasteiger partial charge on any atom is 0.414 e. The van der Waals surface area contributed by atoms with E-state index in [9.17, 15) is 0 Å². The molecule has 1 aromatic rings. The monoisotopic (exact) mass is 413 g/mol. The predicted molar refractivity (Wildman–Crippen MR) is 101 cm³/mol. The van der Waals surface area contributed by atoms with Crippen LogP contribution in [0.3, 0.4) is 0 Å². The Bertz CT molecular complexity index is 570. The molecule has 6 nitrogen and oxygen atoms in total. The number of carboxylic acid groups (broad SMARTS) is 2. The largest absolute Gasteiger partial charge is 0.492 e. The first-order valence-electron chi connectivity index (χ1n) is 7.52. The van der Waals surface area contributed by atoms with Crippen LogP contribution in [0.1, 0.15) is 11.1 Å². The Labute approximate surface area is 156 Å². The molecule has 0 atom stereocenters. The van der Waals surface area contributed by atoms with E-state index in [4.69, 9.17) is 24.5 Å². The molecule has 0 aromatic heterocycles. The van der Waals surface area contributed by atoms with Gasteiger partial charge in [-0.25, -0.2) is 9.59 Å². The molecule has 0 aliphatic rings. The summed E-state index contributed by atoms with van der Waals surface area (Å²) in [6.07, 6.45) is 3.80. The third-order valence-electron chi connectivity index (χ3n) is 3.04. The number of hydrogen-bond acceptors (Lipinski definition) is 4. The maximum atomic E-state index is 9.10. The van der Waals surface area contributed by atoms with Crippen molar-refractivity contribution in [2.45, 2.75) is 13.8 Å². The minimum atomic E-state index is -1.82. The van der Waals surface area contributed by atoms with E-state index in [0.717, 1.165) is 41.0 Å². The summed E-state index contributed by atoms with van der Waals surface area (Å²) >= 11 is 3.49. The van der Waals surface area contributed by atoms with E-state index in [-0.39, 0.29) is 0 Å². The van der Waals surface area contributed by atoms with Gasteiger partial charge in [-0.05, 0) is 37.1 Å². The maximum absolute atomic E-state index is 9.10. The van der Waals surface area contributed by atoms with Crippen LogP contribution in [-0.2, 0) is 9.59 Å². The standard InChI is InChI=1S/C16H22BrNO.C2H2O4/c1-5-7-18(8-6-2)9-10-19-16-13(3)11-15(17)12-14(16)4;3-1(4)2(5)6/h5-6,11-12H,1-2,7-10H2,3-4H3;(H,3,4)(H,5,6). The van der Waals surface area contributed by atoms with Crippen molar-refractivity contribution in [3.8, 4) is 5.75 Å². The normalized spacial score (nSPS) is 9.76. The molecule has 0 bridgehead atoms. The van der Waals surface area contributed by atoms with E-state index >= 15 is 0 Å². The molecule has 0 heterocycles. The van der Waals surface area contributed by atoms with Crippen molar-refractivity contribution in [2.75, 3.05) is 26.2 Å². The summed E-state index contributed by atoms with van der Waals surface area (Å²) < 4.78 is 7.01. The first kappa shape index (κ1) is 22.9. The zero-order valence-electron chi connectivity index (χ0n) is 14.5. The van der Waals surface area contributed by atoms with Crippen molar-refractivity contribution in [1.29, 1.82) is 0 Å². The molecule has 7 heteroatoms. The van der Waals surface area contributed by atoms with Crippen LogP contribution in [0, 0.1) is 13.8 Å². The minimum Gasteiger partial charge on any atom is -0.492 e. The molecule has 25 heavy (non-hydrogen) atoms. The lowest BCUT2D eigenvalue weighted by atomic mass is 10.1. The SMILES string of the molecule is C=CCN(CC=C)CCOc1c(C)cc(Br)cc1C.O=C(O)C(=O)O. The summed E-state index contributed by atoms with van der Waals surface area (Å²) in [7, 11) is 0. The number of benzene rings is 1. The van der Waals surface area contributed by atoms with Crippen molar-refractivity contribution < 1.29 is 24.5 Å². The van der Waals surface area contributed by atoms with Gasteiger partial charge in [0, 0.05) is 24.1 Å². The number of aryl methyl sites for hydroxylation is 2. The number of ether oxygens (including phenoxy) is 1. The van der Waals surface area contributed by atoms with Crippen molar-refractivity contribution in [1.82, 2.24) is 4.90 Å². The molecule has 2 N–H and O–H groups in total. The molecule has 0 radical (unpaired) electrons. The molecule has 0 saturated carbocycles. The molecule has 0 spiro atoms. The minimum absolute atomic E-state index is 0.672. The highest BCUT2D eigenvalue weighted by atomic mass is 79.9. The second kappa shape index (κ2) is 12.3. The number of aliphatic carboxylic acids is 2. The molecule has 0 amide bonds. The Morgan fingerprint density at radius 2 is 1.56 bits per heavy atom. The number of carbonyl (C=O) groups is 2. The van der Waals surface area contributed by atoms with Gasteiger partial charge < -0.3 is 14.9 Å². The third-order valence-corrected chi connectivity index (χ3v) is 3.49. The first-order chi connectivity index (χ1) is 11.7. The highest BCUT2D eigenvalue weighted by Gasteiger charge is 2.07. The molecule has 1 aromatic carbocycles. The van der Waals surface area contributed by atoms with Crippen LogP contribution in [0.2, 0.25) is 0 Å². The van der Waals surface area contributed by atoms with Crippen molar-refractivity contribution >= 4 is 27.9 Å². The molecule has 0 aliphatic heterocycles. The first-order valence-corrected chi connectivity index (χ1v) is 8.32. The van der Waals surface area contributed by atoms with E-state index < -0.39 is 11.9 Å². The number of halogens is 1. The average molecular weight is 414 g/mol. The summed E-state index contributed by atoms with van der Waals surface area (Å²) in [6, 6.07) is 4.15. The summed E-state index contributed by atoms with van der Waals surface area (Å²) in [5.41, 5.74) is 2.32. The predicted octanol–water partition coefficient (Wildman–Crippen LogP) is 3.27. The quantitative estimate of drug-likeness (QED) is 0.502. The molecular formula is C18H24BrNO5. The van der Waals surface area contributed by atoms with E-state index in [1.54, 1.807) is 0 Å². The lowest BCUT2D eigenvalue weighted by Crippen LogP contribution is -2.28. The highest BCUT2D eigenvalue weighted by Crippen LogP contribution is 2.27. The van der Waals surface area contributed by atoms with E-state index in [0.29, 0.717) is 6.61 Å². The van der Waals surface area contributed by atoms with Gasteiger partial charge >= 0.3 is 11.9 Å². The Kier molecular flexibility index (Phi) is 11.2. The molecule has 0 unspecified atom stereocenters. The van der Waals surface area contributed by atoms with Gasteiger partial charge in [-0.15, -0.1) is 13.2 Å². The fourth-order valence-electron chi connectivity index (χ4n) is 2.02. The third kappa shape index (κ3) is 9.69. The topological polar surface area (TPSA) is 87.1 Å². The van der Waals surface area contributed by atoms with E-state index in [1.807, 2.05) is 12.2 Å². The van der Waals surface area contributed by atoms with Crippen LogP contribution in [0.5, 0.6) is 5.75 Å². The molecular weight excluding hydrogens is 390 g/mol. The Balaban J connectivity index is 0.000000823. The smallest absolute Gasteiger partial charge is 0.414 e. The second-order valence-electron chi connectivity index (χ2n) is 5.16. The van der Waals surface area contributed by atoms with Crippen LogP contribution in [-0.4, -0.2) is 53.3 Å². The number of nitrogens with zero attached hydrogens (tertiary/aromatic N) is 1. The average Bonchev–Trinajstić information content (AvgIpc) is 2.50. The van der Waals surface area contributed by atoms with Gasteiger partial charge in [0.2, 0.25) is 0 Å². The summed E-state index contributed by atoms with van der Waals surface area (Å²) in [4.78, 5) is 20.4.